The molecule has 136 valence electrons. The van der Waals surface area contributed by atoms with E-state index in [2.05, 4.69) is 10.1 Å². The number of rotatable bonds is 4. The fraction of sp³-hybridized carbons (Fsp3) is 0.389. The molecule has 0 saturated carbocycles. The van der Waals surface area contributed by atoms with Crippen LogP contribution in [0.25, 0.3) is 11.1 Å². The van der Waals surface area contributed by atoms with Crippen molar-refractivity contribution in [2.45, 2.75) is 32.0 Å². The van der Waals surface area contributed by atoms with Crippen LogP contribution in [0, 0.1) is 6.92 Å². The van der Waals surface area contributed by atoms with Crippen molar-refractivity contribution >= 4 is 22.8 Å². The van der Waals surface area contributed by atoms with Crippen molar-refractivity contribution in [3.63, 3.8) is 0 Å². The Morgan fingerprint density at radius 1 is 1.42 bits per heavy atom. The van der Waals surface area contributed by atoms with Gasteiger partial charge in [0.05, 0.1) is 24.3 Å². The Balaban J connectivity index is 1.65. The number of carbonyl (C=O) groups is 1. The monoisotopic (exact) mass is 355 g/mol. The van der Waals surface area contributed by atoms with Crippen LogP contribution in [0.2, 0.25) is 0 Å². The van der Waals surface area contributed by atoms with Crippen LogP contribution in [0.15, 0.2) is 34.9 Å². The summed E-state index contributed by atoms with van der Waals surface area (Å²) in [4.78, 5) is 19.5. The second kappa shape index (κ2) is 6.45. The molecule has 3 aromatic rings. The molecule has 0 aliphatic carbocycles. The zero-order valence-electron chi connectivity index (χ0n) is 14.8. The van der Waals surface area contributed by atoms with Gasteiger partial charge in [-0.3, -0.25) is 9.48 Å². The van der Waals surface area contributed by atoms with Crippen molar-refractivity contribution < 1.29 is 13.9 Å². The van der Waals surface area contributed by atoms with Gasteiger partial charge in [0.15, 0.2) is 11.5 Å². The largest absolute Gasteiger partial charge is 0.441 e. The zero-order valence-corrected chi connectivity index (χ0v) is 14.8. The van der Waals surface area contributed by atoms with Crippen molar-refractivity contribution in [1.82, 2.24) is 19.7 Å². The molecule has 1 aliphatic heterocycles. The first-order valence-electron chi connectivity index (χ1n) is 8.54. The number of oxazole rings is 1. The van der Waals surface area contributed by atoms with E-state index in [1.54, 1.807) is 30.8 Å². The van der Waals surface area contributed by atoms with Gasteiger partial charge in [0.2, 0.25) is 0 Å². The number of fused-ring (bicyclic) bond motifs is 1. The van der Waals surface area contributed by atoms with E-state index in [0.717, 1.165) is 6.42 Å². The van der Waals surface area contributed by atoms with Crippen molar-refractivity contribution in [1.29, 1.82) is 0 Å². The van der Waals surface area contributed by atoms with E-state index in [-0.39, 0.29) is 18.1 Å². The van der Waals surface area contributed by atoms with Crippen LogP contribution in [-0.2, 0) is 11.3 Å². The summed E-state index contributed by atoms with van der Waals surface area (Å²) in [5, 5.41) is 4.23. The number of nitrogens with zero attached hydrogens (tertiary/aromatic N) is 4. The number of amides is 1. The molecule has 0 bridgehead atoms. The lowest BCUT2D eigenvalue weighted by Gasteiger charge is -2.24. The van der Waals surface area contributed by atoms with Gasteiger partial charge in [-0.05, 0) is 24.6 Å². The predicted molar refractivity (Wildman–Crippen MR) is 95.6 cm³/mol. The first-order valence-corrected chi connectivity index (χ1v) is 8.54. The summed E-state index contributed by atoms with van der Waals surface area (Å²) in [6, 6.07) is 7.13. The number of aromatic nitrogens is 3. The Morgan fingerprint density at radius 3 is 3.00 bits per heavy atom. The molecule has 8 nitrogen and oxygen atoms in total. The van der Waals surface area contributed by atoms with Gasteiger partial charge in [-0.25, -0.2) is 4.98 Å². The van der Waals surface area contributed by atoms with Crippen LogP contribution in [0.3, 0.4) is 0 Å². The van der Waals surface area contributed by atoms with Gasteiger partial charge in [-0.15, -0.1) is 0 Å². The molecule has 3 heterocycles. The highest BCUT2D eigenvalue weighted by Gasteiger charge is 2.37. The zero-order chi connectivity index (χ0) is 18.3. The van der Waals surface area contributed by atoms with Gasteiger partial charge >= 0.3 is 0 Å². The molecule has 1 fully saturated rings. The third-order valence-electron chi connectivity index (χ3n) is 4.79. The van der Waals surface area contributed by atoms with Crippen LogP contribution in [-0.4, -0.2) is 51.4 Å². The van der Waals surface area contributed by atoms with E-state index < -0.39 is 0 Å². The topological polar surface area (TPSA) is 99.4 Å². The van der Waals surface area contributed by atoms with E-state index in [1.165, 1.54) is 0 Å². The number of hydrogen-bond donors (Lipinski definition) is 1. The summed E-state index contributed by atoms with van der Waals surface area (Å²) in [5.74, 6) is 0.931. The molecule has 1 saturated heterocycles. The fourth-order valence-electron chi connectivity index (χ4n) is 3.55. The molecule has 1 aliphatic rings. The average Bonchev–Trinajstić information content (AvgIpc) is 3.31. The SMILES string of the molecule is CO[C@H]1C[C@@H](Cn2ccc(N)n2)N(C(=O)c2cccc3oc(C)nc23)C1. The number of ether oxygens (including phenoxy) is 1. The maximum atomic E-state index is 13.3. The third kappa shape index (κ3) is 2.92. The number of anilines is 1. The Hall–Kier alpha value is -2.87. The Labute approximate surface area is 150 Å². The van der Waals surface area contributed by atoms with Gasteiger partial charge in [0.1, 0.15) is 11.3 Å². The summed E-state index contributed by atoms with van der Waals surface area (Å²) >= 11 is 0. The standard InChI is InChI=1S/C18H21N5O3/c1-11-20-17-14(4-3-5-15(17)26-11)18(24)23-10-13(25-2)8-12(23)9-22-7-6-16(19)21-22/h3-7,12-13H,8-10H2,1-2H3,(H2,19,21)/t12-,13-/m0/s1. The molecule has 2 N–H and O–H groups in total. The van der Waals surface area contributed by atoms with E-state index in [1.807, 2.05) is 23.2 Å². The summed E-state index contributed by atoms with van der Waals surface area (Å²) in [7, 11) is 1.67. The third-order valence-corrected chi connectivity index (χ3v) is 4.79. The smallest absolute Gasteiger partial charge is 0.256 e. The van der Waals surface area contributed by atoms with E-state index in [0.29, 0.717) is 41.5 Å². The van der Waals surface area contributed by atoms with Crippen LogP contribution in [0.4, 0.5) is 5.82 Å². The quantitative estimate of drug-likeness (QED) is 0.767. The molecule has 0 spiro atoms. The minimum Gasteiger partial charge on any atom is -0.441 e. The van der Waals surface area contributed by atoms with Gasteiger partial charge in [-0.1, -0.05) is 6.07 Å². The van der Waals surface area contributed by atoms with Gasteiger partial charge in [0.25, 0.3) is 5.91 Å². The minimum atomic E-state index is -0.0754. The van der Waals surface area contributed by atoms with E-state index >= 15 is 0 Å². The lowest BCUT2D eigenvalue weighted by Crippen LogP contribution is -2.38. The second-order valence-electron chi connectivity index (χ2n) is 6.55. The minimum absolute atomic E-state index is 0.00453. The molecule has 2 atom stereocenters. The van der Waals surface area contributed by atoms with Crippen LogP contribution in [0.1, 0.15) is 22.7 Å². The molecule has 1 amide bonds. The predicted octanol–water partition coefficient (Wildman–Crippen LogP) is 1.84. The van der Waals surface area contributed by atoms with Crippen molar-refractivity contribution in [2.24, 2.45) is 0 Å². The second-order valence-corrected chi connectivity index (χ2v) is 6.55. The number of aryl methyl sites for hydroxylation is 1. The summed E-state index contributed by atoms with van der Waals surface area (Å²) in [6.45, 7) is 2.87. The molecular weight excluding hydrogens is 334 g/mol. The van der Waals surface area contributed by atoms with Gasteiger partial charge in [-0.2, -0.15) is 5.10 Å². The first kappa shape index (κ1) is 16.6. The number of benzene rings is 1. The maximum Gasteiger partial charge on any atom is 0.256 e. The fourth-order valence-corrected chi connectivity index (χ4v) is 3.55. The first-order chi connectivity index (χ1) is 12.5. The molecule has 1 aromatic carbocycles. The normalized spacial score (nSPS) is 20.2. The molecule has 8 heteroatoms. The number of hydrogen-bond acceptors (Lipinski definition) is 6. The average molecular weight is 355 g/mol. The van der Waals surface area contributed by atoms with Gasteiger partial charge < -0.3 is 19.8 Å². The lowest BCUT2D eigenvalue weighted by atomic mass is 10.1. The molecule has 0 unspecified atom stereocenters. The number of nitrogen functional groups attached to an aromatic ring is 1. The number of nitrogens with two attached hydrogens (primary N) is 1. The van der Waals surface area contributed by atoms with Crippen LogP contribution < -0.4 is 5.73 Å². The van der Waals surface area contributed by atoms with Gasteiger partial charge in [0, 0.05) is 26.8 Å². The highest BCUT2D eigenvalue weighted by molar-refractivity contribution is 6.04. The van der Waals surface area contributed by atoms with Crippen LogP contribution >= 0.6 is 0 Å². The van der Waals surface area contributed by atoms with Crippen molar-refractivity contribution in [3.8, 4) is 0 Å². The summed E-state index contributed by atoms with van der Waals surface area (Å²) < 4.78 is 12.8. The van der Waals surface area contributed by atoms with Crippen molar-refractivity contribution in [2.75, 3.05) is 19.4 Å². The number of carbonyl (C=O) groups excluding carboxylic acids is 1. The molecule has 2 aromatic heterocycles. The van der Waals surface area contributed by atoms with E-state index in [9.17, 15) is 4.79 Å². The summed E-state index contributed by atoms with van der Waals surface area (Å²) in [5.41, 5.74) is 7.46. The van der Waals surface area contributed by atoms with E-state index in [4.69, 9.17) is 14.9 Å². The highest BCUT2D eigenvalue weighted by Crippen LogP contribution is 2.27. The Kier molecular flexibility index (Phi) is 4.12. The maximum absolute atomic E-state index is 13.3. The highest BCUT2D eigenvalue weighted by atomic mass is 16.5. The molecule has 0 radical (unpaired) electrons. The number of methoxy groups -OCH3 is 1. The Bertz CT molecular complexity index is 947. The molecule has 4 rings (SSSR count). The molecule has 26 heavy (non-hydrogen) atoms. The molecular formula is C18H21N5O3. The Morgan fingerprint density at radius 2 is 2.27 bits per heavy atom. The van der Waals surface area contributed by atoms with Crippen molar-refractivity contribution in [3.05, 3.63) is 41.9 Å². The summed E-state index contributed by atoms with van der Waals surface area (Å²) in [6.07, 6.45) is 2.56. The number of likely N-dealkylation sites (tertiary alicyclic amines) is 1. The van der Waals surface area contributed by atoms with Crippen LogP contribution in [0.5, 0.6) is 0 Å². The number of para-hydroxylation sites is 1. The lowest BCUT2D eigenvalue weighted by molar-refractivity contribution is 0.0680.